The van der Waals surface area contributed by atoms with E-state index in [4.69, 9.17) is 0 Å². The van der Waals surface area contributed by atoms with Crippen molar-refractivity contribution >= 4 is 5.91 Å². The van der Waals surface area contributed by atoms with Crippen LogP contribution in [-0.2, 0) is 0 Å². The minimum absolute atomic E-state index is 0.314. The molecule has 1 aromatic heterocycles. The molecule has 0 aliphatic carbocycles. The van der Waals surface area contributed by atoms with Crippen molar-refractivity contribution in [3.8, 4) is 0 Å². The number of hydrogen-bond donors (Lipinski definition) is 3. The molecule has 0 atom stereocenters. The Morgan fingerprint density at radius 2 is 2.31 bits per heavy atom. The molecule has 0 aliphatic rings. The summed E-state index contributed by atoms with van der Waals surface area (Å²) in [6, 6.07) is 0. The first-order valence-electron chi connectivity index (χ1n) is 3.30. The number of halogens is 2. The van der Waals surface area contributed by atoms with E-state index in [1.165, 1.54) is 0 Å². The van der Waals surface area contributed by atoms with Gasteiger partial charge in [-0.25, -0.2) is 18.7 Å². The topological polar surface area (TPSA) is 90.6 Å². The molecule has 6 nitrogen and oxygen atoms in total. The van der Waals surface area contributed by atoms with E-state index >= 15 is 0 Å². The monoisotopic (exact) mass is 192 g/mol. The first-order chi connectivity index (χ1) is 6.09. The van der Waals surface area contributed by atoms with Crippen LogP contribution >= 0.6 is 0 Å². The number of nitrogens with zero attached hydrogens (tertiary/aromatic N) is 1. The summed E-state index contributed by atoms with van der Waals surface area (Å²) < 4.78 is 23.2. The summed E-state index contributed by atoms with van der Waals surface area (Å²) in [5.74, 6) is -1.16. The molecule has 0 fully saturated rings. The molecule has 3 N–H and O–H groups in total. The molecular formula is C5H6F2N4O2. The zero-order valence-electron chi connectivity index (χ0n) is 6.30. The minimum atomic E-state index is -2.63. The lowest BCUT2D eigenvalue weighted by Gasteiger charge is -1.99. The second-order valence-electron chi connectivity index (χ2n) is 2.13. The summed E-state index contributed by atoms with van der Waals surface area (Å²) in [6.07, 6.45) is -2.63. The van der Waals surface area contributed by atoms with Gasteiger partial charge in [0, 0.05) is 0 Å². The highest BCUT2D eigenvalue weighted by molar-refractivity contribution is 5.90. The molecule has 1 heterocycles. The fourth-order valence-electron chi connectivity index (χ4n) is 0.631. The molecule has 8 heteroatoms. The lowest BCUT2D eigenvalue weighted by atomic mass is 10.5. The Labute approximate surface area is 70.3 Å². The molecule has 1 rings (SSSR count). The molecule has 0 radical (unpaired) electrons. The predicted molar refractivity (Wildman–Crippen MR) is 37.5 cm³/mol. The third-order valence-electron chi connectivity index (χ3n) is 1.13. The number of alkyl halides is 2. The van der Waals surface area contributed by atoms with E-state index in [0.29, 0.717) is 0 Å². The summed E-state index contributed by atoms with van der Waals surface area (Å²) >= 11 is 0. The van der Waals surface area contributed by atoms with Crippen LogP contribution in [0.5, 0.6) is 0 Å². The molecule has 0 saturated carbocycles. The molecule has 0 aliphatic heterocycles. The average molecular weight is 192 g/mol. The smallest absolute Gasteiger partial charge is 0.341 e. The highest BCUT2D eigenvalue weighted by Gasteiger charge is 2.11. The second-order valence-corrected chi connectivity index (χ2v) is 2.13. The van der Waals surface area contributed by atoms with Crippen molar-refractivity contribution in [1.82, 2.24) is 20.5 Å². The largest absolute Gasteiger partial charge is 0.344 e. The Balaban J connectivity index is 2.54. The molecule has 0 bridgehead atoms. The first kappa shape index (κ1) is 9.36. The van der Waals surface area contributed by atoms with Gasteiger partial charge in [-0.3, -0.25) is 9.78 Å². The Morgan fingerprint density at radius 1 is 1.62 bits per heavy atom. The van der Waals surface area contributed by atoms with Crippen LogP contribution in [0.15, 0.2) is 4.79 Å². The fraction of sp³-hybridized carbons (Fsp3) is 0.400. The van der Waals surface area contributed by atoms with Gasteiger partial charge in [-0.15, -0.1) is 5.10 Å². The Morgan fingerprint density at radius 3 is 2.77 bits per heavy atom. The molecule has 0 unspecified atom stereocenters. The molecule has 13 heavy (non-hydrogen) atoms. The van der Waals surface area contributed by atoms with E-state index in [1.807, 2.05) is 15.4 Å². The van der Waals surface area contributed by atoms with Crippen molar-refractivity contribution in [2.24, 2.45) is 0 Å². The van der Waals surface area contributed by atoms with E-state index < -0.39 is 24.6 Å². The van der Waals surface area contributed by atoms with Crippen LogP contribution in [-0.4, -0.2) is 34.1 Å². The van der Waals surface area contributed by atoms with Crippen LogP contribution in [0, 0.1) is 0 Å². The number of hydrogen-bond acceptors (Lipinski definition) is 3. The quantitative estimate of drug-likeness (QED) is 0.579. The van der Waals surface area contributed by atoms with E-state index in [0.717, 1.165) is 0 Å². The maximum absolute atomic E-state index is 11.6. The molecular weight excluding hydrogens is 186 g/mol. The number of carbonyl (C=O) groups excluding carboxylic acids is 1. The van der Waals surface area contributed by atoms with E-state index in [2.05, 4.69) is 5.10 Å². The summed E-state index contributed by atoms with van der Waals surface area (Å²) in [7, 11) is 0. The highest BCUT2D eigenvalue weighted by Crippen LogP contribution is 1.89. The third kappa shape index (κ3) is 2.65. The first-order valence-corrected chi connectivity index (χ1v) is 3.30. The summed E-state index contributed by atoms with van der Waals surface area (Å²) in [6.45, 7) is -0.770. The lowest BCUT2D eigenvalue weighted by molar-refractivity contribution is 0.0882. The second kappa shape index (κ2) is 3.78. The maximum Gasteiger partial charge on any atom is 0.341 e. The van der Waals surface area contributed by atoms with Gasteiger partial charge in [0.1, 0.15) is 0 Å². The van der Waals surface area contributed by atoms with Gasteiger partial charge in [-0.05, 0) is 0 Å². The van der Waals surface area contributed by atoms with E-state index in [1.54, 1.807) is 0 Å². The molecule has 1 aromatic rings. The van der Waals surface area contributed by atoms with Crippen LogP contribution in [0.4, 0.5) is 8.78 Å². The Bertz CT molecular complexity index is 344. The Hall–Kier alpha value is -1.73. The van der Waals surface area contributed by atoms with Crippen molar-refractivity contribution in [3.63, 3.8) is 0 Å². The number of aromatic nitrogens is 3. The Kier molecular flexibility index (Phi) is 2.72. The van der Waals surface area contributed by atoms with Gasteiger partial charge in [-0.1, -0.05) is 0 Å². The molecule has 0 saturated heterocycles. The van der Waals surface area contributed by atoms with Gasteiger partial charge < -0.3 is 5.32 Å². The fourth-order valence-corrected chi connectivity index (χ4v) is 0.631. The normalized spacial score (nSPS) is 10.4. The molecule has 1 amide bonds. The molecule has 0 spiro atoms. The number of H-pyrrole nitrogens is 2. The van der Waals surface area contributed by atoms with Crippen molar-refractivity contribution in [1.29, 1.82) is 0 Å². The maximum atomic E-state index is 11.6. The number of rotatable bonds is 3. The summed E-state index contributed by atoms with van der Waals surface area (Å²) in [5.41, 5.74) is -0.665. The zero-order valence-corrected chi connectivity index (χ0v) is 6.30. The average Bonchev–Trinajstić information content (AvgIpc) is 2.47. The minimum Gasteiger partial charge on any atom is -0.344 e. The summed E-state index contributed by atoms with van der Waals surface area (Å²) in [5, 5.41) is 7.04. The van der Waals surface area contributed by atoms with Crippen LogP contribution in [0.25, 0.3) is 0 Å². The van der Waals surface area contributed by atoms with Gasteiger partial charge in [0.05, 0.1) is 6.54 Å². The SMILES string of the molecule is O=C(NCC(F)F)c1n[nH]c(=O)[nH]1. The molecule has 0 aromatic carbocycles. The van der Waals surface area contributed by atoms with Gasteiger partial charge in [0.2, 0.25) is 5.82 Å². The number of nitrogens with one attached hydrogen (secondary N) is 3. The third-order valence-corrected chi connectivity index (χ3v) is 1.13. The van der Waals surface area contributed by atoms with Gasteiger partial charge in [-0.2, -0.15) is 0 Å². The van der Waals surface area contributed by atoms with Gasteiger partial charge >= 0.3 is 5.69 Å². The van der Waals surface area contributed by atoms with Crippen molar-refractivity contribution in [2.75, 3.05) is 6.54 Å². The zero-order chi connectivity index (χ0) is 9.84. The summed E-state index contributed by atoms with van der Waals surface area (Å²) in [4.78, 5) is 23.3. The number of amides is 1. The van der Waals surface area contributed by atoms with Crippen molar-refractivity contribution in [3.05, 3.63) is 16.3 Å². The number of carbonyl (C=O) groups is 1. The van der Waals surface area contributed by atoms with Crippen molar-refractivity contribution in [2.45, 2.75) is 6.43 Å². The number of aromatic amines is 2. The van der Waals surface area contributed by atoms with Crippen LogP contribution in [0.2, 0.25) is 0 Å². The predicted octanol–water partition coefficient (Wildman–Crippen LogP) is -0.907. The highest BCUT2D eigenvalue weighted by atomic mass is 19.3. The van der Waals surface area contributed by atoms with Gasteiger partial charge in [0.25, 0.3) is 12.3 Å². The molecule has 72 valence electrons. The van der Waals surface area contributed by atoms with Crippen molar-refractivity contribution < 1.29 is 13.6 Å². The van der Waals surface area contributed by atoms with Gasteiger partial charge in [0.15, 0.2) is 0 Å². The van der Waals surface area contributed by atoms with Crippen LogP contribution < -0.4 is 11.0 Å². The van der Waals surface area contributed by atoms with Crippen LogP contribution in [0.1, 0.15) is 10.6 Å². The van der Waals surface area contributed by atoms with E-state index in [9.17, 15) is 18.4 Å². The van der Waals surface area contributed by atoms with E-state index in [-0.39, 0.29) is 5.82 Å². The van der Waals surface area contributed by atoms with Crippen LogP contribution in [0.3, 0.4) is 0 Å². The lowest BCUT2D eigenvalue weighted by Crippen LogP contribution is -2.29. The standard InChI is InChI=1S/C5H6F2N4O2/c6-2(7)1-8-4(12)3-9-5(13)11-10-3/h2H,1H2,(H,8,12)(H2,9,10,11,13).